The molecule has 7 rings (SSSR count). The van der Waals surface area contributed by atoms with Crippen molar-refractivity contribution < 1.29 is 23.4 Å². The van der Waals surface area contributed by atoms with Crippen molar-refractivity contribution in [2.45, 2.75) is 18.9 Å². The molecule has 0 spiro atoms. The van der Waals surface area contributed by atoms with E-state index in [0.29, 0.717) is 41.2 Å². The molecule has 0 amide bonds. The van der Waals surface area contributed by atoms with Crippen LogP contribution in [-0.4, -0.2) is 40.4 Å². The third kappa shape index (κ3) is 3.95. The number of furan rings is 1. The second kappa shape index (κ2) is 9.34. The van der Waals surface area contributed by atoms with E-state index in [-0.39, 0.29) is 5.92 Å². The summed E-state index contributed by atoms with van der Waals surface area (Å²) in [6.07, 6.45) is 2.64. The minimum absolute atomic E-state index is 0.232. The van der Waals surface area contributed by atoms with E-state index in [1.807, 2.05) is 36.4 Å². The molecule has 0 N–H and O–H groups in total. The van der Waals surface area contributed by atoms with Gasteiger partial charge in [-0.1, -0.05) is 18.2 Å². The summed E-state index contributed by atoms with van der Waals surface area (Å²) >= 11 is 3.02. The maximum absolute atomic E-state index is 6.28. The number of thiazole rings is 1. The highest BCUT2D eigenvalue weighted by Gasteiger charge is 2.25. The second-order valence-electron chi connectivity index (χ2n) is 8.75. The molecule has 0 saturated heterocycles. The smallest absolute Gasteiger partial charge is 0.294 e. The molecule has 0 radical (unpaired) electrons. The van der Waals surface area contributed by atoms with Crippen LogP contribution in [0.15, 0.2) is 58.5 Å². The number of fused-ring (bicyclic) bond motifs is 3. The van der Waals surface area contributed by atoms with Gasteiger partial charge in [0.05, 0.1) is 38.1 Å². The fraction of sp³-hybridized carbons (Fsp3) is 0.222. The Morgan fingerprint density at radius 3 is 2.95 bits per heavy atom. The molecule has 5 heterocycles. The maximum atomic E-state index is 6.28. The predicted octanol–water partition coefficient (Wildman–Crippen LogP) is 6.17. The molecule has 9 nitrogen and oxygen atoms in total. The van der Waals surface area contributed by atoms with Gasteiger partial charge in [-0.05, 0) is 29.9 Å². The molecule has 0 fully saturated rings. The lowest BCUT2D eigenvalue weighted by atomic mass is 9.94. The van der Waals surface area contributed by atoms with E-state index < -0.39 is 0 Å². The Labute approximate surface area is 225 Å². The van der Waals surface area contributed by atoms with Crippen molar-refractivity contribution in [1.82, 2.24) is 19.6 Å². The average molecular weight is 547 g/mol. The third-order valence-corrected chi connectivity index (χ3v) is 8.40. The fourth-order valence-electron chi connectivity index (χ4n) is 4.67. The van der Waals surface area contributed by atoms with E-state index in [1.165, 1.54) is 16.9 Å². The van der Waals surface area contributed by atoms with Gasteiger partial charge in [-0.15, -0.1) is 16.4 Å². The van der Waals surface area contributed by atoms with Gasteiger partial charge in [0.25, 0.3) is 5.19 Å². The number of hydrogen-bond acceptors (Lipinski definition) is 10. The molecule has 1 unspecified atom stereocenters. The quantitative estimate of drug-likeness (QED) is 0.235. The first-order valence-electron chi connectivity index (χ1n) is 12.0. The van der Waals surface area contributed by atoms with Gasteiger partial charge in [0, 0.05) is 29.0 Å². The van der Waals surface area contributed by atoms with Crippen molar-refractivity contribution in [2.24, 2.45) is 0 Å². The van der Waals surface area contributed by atoms with Gasteiger partial charge >= 0.3 is 0 Å². The summed E-state index contributed by atoms with van der Waals surface area (Å²) in [5.41, 5.74) is 3.43. The number of benzene rings is 2. The van der Waals surface area contributed by atoms with Crippen LogP contribution in [-0.2, 0) is 6.61 Å². The normalized spacial score (nSPS) is 14.9. The minimum Gasteiger partial charge on any atom is -0.496 e. The first kappa shape index (κ1) is 23.1. The molecule has 1 aliphatic heterocycles. The van der Waals surface area contributed by atoms with Crippen LogP contribution in [0, 0.1) is 0 Å². The van der Waals surface area contributed by atoms with Crippen LogP contribution in [0.3, 0.4) is 0 Å². The molecular formula is C27H22N4O5S2. The van der Waals surface area contributed by atoms with Crippen LogP contribution >= 0.6 is 22.7 Å². The largest absolute Gasteiger partial charge is 0.496 e. The number of aromatic nitrogens is 4. The number of rotatable bonds is 7. The average Bonchev–Trinajstić information content (AvgIpc) is 3.74. The molecule has 11 heteroatoms. The molecule has 192 valence electrons. The zero-order chi connectivity index (χ0) is 25.6. The lowest BCUT2D eigenvalue weighted by Crippen LogP contribution is -2.15. The molecule has 6 aromatic rings. The van der Waals surface area contributed by atoms with Crippen molar-refractivity contribution in [3.63, 3.8) is 0 Å². The maximum Gasteiger partial charge on any atom is 0.294 e. The Balaban J connectivity index is 1.17. The van der Waals surface area contributed by atoms with Gasteiger partial charge in [-0.3, -0.25) is 0 Å². The van der Waals surface area contributed by atoms with Gasteiger partial charge in [0.1, 0.15) is 40.1 Å². The monoisotopic (exact) mass is 546 g/mol. The topological polar surface area (TPSA) is 93.1 Å². The number of imidazole rings is 1. The Morgan fingerprint density at radius 1 is 1.13 bits per heavy atom. The molecular weight excluding hydrogens is 524 g/mol. The highest BCUT2D eigenvalue weighted by molar-refractivity contribution is 7.18. The molecule has 1 aliphatic rings. The summed E-state index contributed by atoms with van der Waals surface area (Å²) in [5.74, 6) is 3.08. The number of hydrogen-bond donors (Lipinski definition) is 0. The van der Waals surface area contributed by atoms with E-state index in [0.717, 1.165) is 38.9 Å². The van der Waals surface area contributed by atoms with Crippen molar-refractivity contribution in [2.75, 3.05) is 20.8 Å². The van der Waals surface area contributed by atoms with E-state index in [1.54, 1.807) is 36.3 Å². The van der Waals surface area contributed by atoms with E-state index >= 15 is 0 Å². The minimum atomic E-state index is 0.232. The van der Waals surface area contributed by atoms with Gasteiger partial charge in [-0.2, -0.15) is 4.52 Å². The highest BCUT2D eigenvalue weighted by Crippen LogP contribution is 2.40. The number of nitrogens with zero attached hydrogens (tertiary/aromatic N) is 4. The van der Waals surface area contributed by atoms with Crippen molar-refractivity contribution >= 4 is 38.6 Å². The Bertz CT molecular complexity index is 1770. The first-order chi connectivity index (χ1) is 18.7. The molecule has 38 heavy (non-hydrogen) atoms. The Kier molecular flexibility index (Phi) is 5.67. The zero-order valence-electron chi connectivity index (χ0n) is 20.5. The third-order valence-electron chi connectivity index (χ3n) is 6.50. The van der Waals surface area contributed by atoms with Gasteiger partial charge in [0.2, 0.25) is 4.96 Å². The molecule has 2 aromatic carbocycles. The van der Waals surface area contributed by atoms with Crippen molar-refractivity contribution in [3.05, 3.63) is 70.3 Å². The summed E-state index contributed by atoms with van der Waals surface area (Å²) in [4.78, 5) is 10.1. The SMILES string of the molecule is COc1cc(OCc2csc(C3CCOc4ccccc43)n2)c2cc(-c3cnc4sc(OC)nn34)oc2c1. The van der Waals surface area contributed by atoms with E-state index in [2.05, 4.69) is 21.5 Å². The summed E-state index contributed by atoms with van der Waals surface area (Å²) in [7, 11) is 3.21. The Morgan fingerprint density at radius 2 is 2.05 bits per heavy atom. The number of methoxy groups -OCH3 is 2. The van der Waals surface area contributed by atoms with Crippen LogP contribution in [0.25, 0.3) is 27.4 Å². The Hall–Kier alpha value is -4.09. The zero-order valence-corrected chi connectivity index (χ0v) is 22.2. The lowest BCUT2D eigenvalue weighted by molar-refractivity contribution is 0.276. The van der Waals surface area contributed by atoms with Crippen molar-refractivity contribution in [1.29, 1.82) is 0 Å². The van der Waals surface area contributed by atoms with Crippen LogP contribution in [0.1, 0.15) is 28.6 Å². The summed E-state index contributed by atoms with van der Waals surface area (Å²) in [5, 5.41) is 8.93. The standard InChI is InChI=1S/C27H22N4O5S2/c1-32-16-9-22(19-11-24(36-23(19)10-16)20-12-28-26-31(20)30-27(33-2)38-26)35-13-15-14-37-25(29-15)18-7-8-34-21-6-4-3-5-17(18)21/h3-6,9-12,14,18H,7-8,13H2,1-2H3. The molecule has 1 atom stereocenters. The molecule has 0 saturated carbocycles. The van der Waals surface area contributed by atoms with E-state index in [4.69, 9.17) is 28.3 Å². The summed E-state index contributed by atoms with van der Waals surface area (Å²) in [6, 6.07) is 13.8. The second-order valence-corrected chi connectivity index (χ2v) is 10.6. The summed E-state index contributed by atoms with van der Waals surface area (Å²) in [6.45, 7) is 1.01. The lowest BCUT2D eigenvalue weighted by Gasteiger charge is -2.24. The first-order valence-corrected chi connectivity index (χ1v) is 13.7. The van der Waals surface area contributed by atoms with Gasteiger partial charge in [0.15, 0.2) is 5.76 Å². The van der Waals surface area contributed by atoms with Crippen molar-refractivity contribution in [3.8, 4) is 33.9 Å². The van der Waals surface area contributed by atoms with E-state index in [9.17, 15) is 0 Å². The molecule has 0 aliphatic carbocycles. The van der Waals surface area contributed by atoms with Crippen LogP contribution < -0.4 is 18.9 Å². The predicted molar refractivity (Wildman–Crippen MR) is 144 cm³/mol. The molecule has 4 aromatic heterocycles. The number of para-hydroxylation sites is 1. The number of ether oxygens (including phenoxy) is 4. The highest BCUT2D eigenvalue weighted by atomic mass is 32.1. The van der Waals surface area contributed by atoms with Crippen LogP contribution in [0.4, 0.5) is 0 Å². The van der Waals surface area contributed by atoms with Crippen LogP contribution in [0.5, 0.6) is 22.4 Å². The van der Waals surface area contributed by atoms with Gasteiger partial charge in [-0.25, -0.2) is 9.97 Å². The van der Waals surface area contributed by atoms with Gasteiger partial charge < -0.3 is 23.4 Å². The molecule has 0 bridgehead atoms. The summed E-state index contributed by atoms with van der Waals surface area (Å²) < 4.78 is 30.8. The fourth-order valence-corrected chi connectivity index (χ4v) is 6.32. The van der Waals surface area contributed by atoms with Crippen LogP contribution in [0.2, 0.25) is 0 Å².